The number of hydrogen-bond acceptors (Lipinski definition) is 4. The molecular weight excluding hydrogens is 519 g/mol. The molecule has 3 N–H and O–H groups in total. The number of ether oxygens (including phenoxy) is 2. The van der Waals surface area contributed by atoms with E-state index in [1.165, 1.54) is 0 Å². The Hall–Kier alpha value is -2.49. The Kier molecular flexibility index (Phi) is 13.2. The third-order valence-electron chi connectivity index (χ3n) is 4.38. The summed E-state index contributed by atoms with van der Waals surface area (Å²) >= 11 is 0. The number of rotatable bonds is 11. The first-order valence-electron chi connectivity index (χ1n) is 10.7. The van der Waals surface area contributed by atoms with Gasteiger partial charge in [-0.1, -0.05) is 30.3 Å². The van der Waals surface area contributed by atoms with Gasteiger partial charge in [-0.15, -0.1) is 24.0 Å². The summed E-state index contributed by atoms with van der Waals surface area (Å²) in [6.07, 6.45) is -0.0176. The third-order valence-corrected chi connectivity index (χ3v) is 4.38. The molecule has 2 aromatic rings. The minimum Gasteiger partial charge on any atom is -0.489 e. The van der Waals surface area contributed by atoms with Gasteiger partial charge in [0, 0.05) is 13.1 Å². The molecule has 0 bridgehead atoms. The van der Waals surface area contributed by atoms with Crippen LogP contribution in [0, 0.1) is 6.92 Å². The Labute approximate surface area is 208 Å². The highest BCUT2D eigenvalue weighted by Gasteiger charge is 2.08. The van der Waals surface area contributed by atoms with Gasteiger partial charge in [0.15, 0.2) is 12.6 Å². The molecule has 7 nitrogen and oxygen atoms in total. The van der Waals surface area contributed by atoms with Crippen molar-refractivity contribution in [2.24, 2.45) is 4.99 Å². The summed E-state index contributed by atoms with van der Waals surface area (Å²) in [7, 11) is 0. The van der Waals surface area contributed by atoms with Crippen molar-refractivity contribution < 1.29 is 14.3 Å². The molecule has 0 aromatic heterocycles. The molecule has 0 aliphatic rings. The molecule has 32 heavy (non-hydrogen) atoms. The number of para-hydroxylation sites is 1. The van der Waals surface area contributed by atoms with E-state index in [-0.39, 0.29) is 42.6 Å². The molecule has 0 spiro atoms. The Morgan fingerprint density at radius 3 is 2.50 bits per heavy atom. The van der Waals surface area contributed by atoms with Crippen LogP contribution >= 0.6 is 24.0 Å². The minimum atomic E-state index is -0.133. The fourth-order valence-electron chi connectivity index (χ4n) is 2.83. The fraction of sp³-hybridized carbons (Fsp3) is 0.417. The molecule has 0 saturated carbocycles. The molecular formula is C24H35IN4O3. The summed E-state index contributed by atoms with van der Waals surface area (Å²) in [6, 6.07) is 15.6. The van der Waals surface area contributed by atoms with Crippen LogP contribution in [0.2, 0.25) is 0 Å². The van der Waals surface area contributed by atoms with E-state index in [0.29, 0.717) is 25.4 Å². The highest BCUT2D eigenvalue weighted by atomic mass is 127. The lowest BCUT2D eigenvalue weighted by molar-refractivity contribution is -0.122. The molecule has 176 valence electrons. The maximum atomic E-state index is 11.6. The fourth-order valence-corrected chi connectivity index (χ4v) is 2.83. The Morgan fingerprint density at radius 1 is 1.03 bits per heavy atom. The zero-order valence-corrected chi connectivity index (χ0v) is 21.6. The van der Waals surface area contributed by atoms with E-state index in [9.17, 15) is 4.79 Å². The van der Waals surface area contributed by atoms with Crippen LogP contribution in [0.25, 0.3) is 0 Å². The maximum Gasteiger partial charge on any atom is 0.257 e. The van der Waals surface area contributed by atoms with Gasteiger partial charge in [-0.3, -0.25) is 4.79 Å². The number of carbonyl (C=O) groups excluding carboxylic acids is 1. The molecule has 0 saturated heterocycles. The molecule has 1 amide bonds. The zero-order valence-electron chi connectivity index (χ0n) is 19.3. The Balaban J connectivity index is 0.00000512. The van der Waals surface area contributed by atoms with Crippen molar-refractivity contribution in [2.75, 3.05) is 26.2 Å². The van der Waals surface area contributed by atoms with E-state index < -0.39 is 0 Å². The van der Waals surface area contributed by atoms with Gasteiger partial charge in [0.05, 0.1) is 13.1 Å². The number of benzene rings is 2. The third kappa shape index (κ3) is 10.2. The molecule has 0 aliphatic heterocycles. The van der Waals surface area contributed by atoms with E-state index in [0.717, 1.165) is 29.4 Å². The van der Waals surface area contributed by atoms with Crippen LogP contribution in [0.5, 0.6) is 11.5 Å². The maximum absolute atomic E-state index is 11.6. The van der Waals surface area contributed by atoms with Crippen molar-refractivity contribution in [1.29, 1.82) is 0 Å². The standard InChI is InChI=1S/C24H34N4O3.HI/c1-5-25-23(29)17-30-21-12-9-11-20(14-21)16-28-24(26-6-2)27-15-19(4)31-22-13-8-7-10-18(22)3;/h7-14,19H,5-6,15-17H2,1-4H3,(H,25,29)(H2,26,27,28);1H. The molecule has 2 aromatic carbocycles. The summed E-state index contributed by atoms with van der Waals surface area (Å²) in [4.78, 5) is 16.2. The Bertz CT molecular complexity index is 861. The SMILES string of the molecule is CCNC(=O)COc1cccc(CN=C(NCC)NCC(C)Oc2ccccc2C)c1.I. The van der Waals surface area contributed by atoms with E-state index in [4.69, 9.17) is 9.47 Å². The van der Waals surface area contributed by atoms with E-state index >= 15 is 0 Å². The van der Waals surface area contributed by atoms with Gasteiger partial charge in [-0.05, 0) is 57.0 Å². The first-order valence-corrected chi connectivity index (χ1v) is 10.7. The minimum absolute atomic E-state index is 0. The summed E-state index contributed by atoms with van der Waals surface area (Å²) in [5, 5.41) is 9.29. The van der Waals surface area contributed by atoms with Gasteiger partial charge in [0.2, 0.25) is 0 Å². The van der Waals surface area contributed by atoms with Gasteiger partial charge in [0.25, 0.3) is 5.91 Å². The number of guanidine groups is 1. The Morgan fingerprint density at radius 2 is 1.78 bits per heavy atom. The van der Waals surface area contributed by atoms with Crippen LogP contribution in [0.3, 0.4) is 0 Å². The summed E-state index contributed by atoms with van der Waals surface area (Å²) < 4.78 is 11.6. The number of halogens is 1. The van der Waals surface area contributed by atoms with Crippen LogP contribution in [-0.2, 0) is 11.3 Å². The predicted octanol–water partition coefficient (Wildman–Crippen LogP) is 3.65. The predicted molar refractivity (Wildman–Crippen MR) is 140 cm³/mol. The highest BCUT2D eigenvalue weighted by Crippen LogP contribution is 2.17. The molecule has 0 radical (unpaired) electrons. The monoisotopic (exact) mass is 554 g/mol. The number of aliphatic imine (C=N–C) groups is 1. The molecule has 8 heteroatoms. The average molecular weight is 554 g/mol. The van der Waals surface area contributed by atoms with Crippen molar-refractivity contribution >= 4 is 35.8 Å². The van der Waals surface area contributed by atoms with E-state index in [2.05, 4.69) is 20.9 Å². The van der Waals surface area contributed by atoms with Crippen LogP contribution in [0.15, 0.2) is 53.5 Å². The topological polar surface area (TPSA) is 84.0 Å². The molecule has 2 rings (SSSR count). The number of likely N-dealkylation sites (N-methyl/N-ethyl adjacent to an activating group) is 1. The van der Waals surface area contributed by atoms with Crippen molar-refractivity contribution in [1.82, 2.24) is 16.0 Å². The van der Waals surface area contributed by atoms with Gasteiger partial charge < -0.3 is 25.4 Å². The molecule has 1 atom stereocenters. The smallest absolute Gasteiger partial charge is 0.257 e. The number of aryl methyl sites for hydroxylation is 1. The first-order chi connectivity index (χ1) is 15.0. The second kappa shape index (κ2) is 15.3. The van der Waals surface area contributed by atoms with Gasteiger partial charge >= 0.3 is 0 Å². The van der Waals surface area contributed by atoms with Crippen LogP contribution in [0.4, 0.5) is 0 Å². The van der Waals surface area contributed by atoms with Gasteiger partial charge in [0.1, 0.15) is 17.6 Å². The lowest BCUT2D eigenvalue weighted by Gasteiger charge is -2.18. The summed E-state index contributed by atoms with van der Waals surface area (Å²) in [6.45, 7) is 10.4. The van der Waals surface area contributed by atoms with Crippen LogP contribution in [-0.4, -0.2) is 44.2 Å². The van der Waals surface area contributed by atoms with E-state index in [1.54, 1.807) is 0 Å². The summed E-state index contributed by atoms with van der Waals surface area (Å²) in [5.41, 5.74) is 2.11. The zero-order chi connectivity index (χ0) is 22.5. The molecule has 0 heterocycles. The largest absolute Gasteiger partial charge is 0.489 e. The van der Waals surface area contributed by atoms with Crippen LogP contribution < -0.4 is 25.4 Å². The number of carbonyl (C=O) groups is 1. The molecule has 1 unspecified atom stereocenters. The lowest BCUT2D eigenvalue weighted by Crippen LogP contribution is -2.41. The van der Waals surface area contributed by atoms with Crippen molar-refractivity contribution in [3.05, 3.63) is 59.7 Å². The average Bonchev–Trinajstić information content (AvgIpc) is 2.76. The van der Waals surface area contributed by atoms with Crippen LogP contribution in [0.1, 0.15) is 31.9 Å². The lowest BCUT2D eigenvalue weighted by atomic mass is 10.2. The molecule has 0 aliphatic carbocycles. The highest BCUT2D eigenvalue weighted by molar-refractivity contribution is 14.0. The number of nitrogens with one attached hydrogen (secondary N) is 3. The van der Waals surface area contributed by atoms with E-state index in [1.807, 2.05) is 76.2 Å². The normalized spacial score (nSPS) is 11.7. The van der Waals surface area contributed by atoms with Crippen molar-refractivity contribution in [3.8, 4) is 11.5 Å². The van der Waals surface area contributed by atoms with Crippen molar-refractivity contribution in [3.63, 3.8) is 0 Å². The second-order valence-electron chi connectivity index (χ2n) is 7.16. The number of amides is 1. The summed E-state index contributed by atoms with van der Waals surface area (Å²) in [5.74, 6) is 2.13. The quantitative estimate of drug-likeness (QED) is 0.225. The van der Waals surface area contributed by atoms with Crippen molar-refractivity contribution in [2.45, 2.75) is 40.3 Å². The number of nitrogens with zero attached hydrogens (tertiary/aromatic N) is 1. The first kappa shape index (κ1) is 27.5. The second-order valence-corrected chi connectivity index (χ2v) is 7.16. The number of hydrogen-bond donors (Lipinski definition) is 3. The van der Waals surface area contributed by atoms with Gasteiger partial charge in [-0.25, -0.2) is 4.99 Å². The van der Waals surface area contributed by atoms with Gasteiger partial charge in [-0.2, -0.15) is 0 Å². The molecule has 0 fully saturated rings.